The molecule has 7 nitrogen and oxygen atoms in total. The number of carbonyl (C=O) groups excluding carboxylic acids is 1. The number of likely N-dealkylation sites (tertiary alicyclic amines) is 1. The number of nitrogens with zero attached hydrogens (tertiary/aromatic N) is 1. The Kier molecular flexibility index (Phi) is 5.15. The first-order chi connectivity index (χ1) is 12.4. The number of benzene rings is 2. The molecule has 0 spiro atoms. The molecular formula is C18H21N3O4S. The zero-order valence-electron chi connectivity index (χ0n) is 14.4. The highest BCUT2D eigenvalue weighted by atomic mass is 32.2. The molecule has 1 atom stereocenters. The number of rotatable bonds is 4. The molecule has 3 rings (SSSR count). The van der Waals surface area contributed by atoms with Crippen LogP contribution in [-0.4, -0.2) is 33.0 Å². The molecule has 2 aromatic rings. The predicted molar refractivity (Wildman–Crippen MR) is 98.5 cm³/mol. The van der Waals surface area contributed by atoms with Gasteiger partial charge in [-0.1, -0.05) is 12.1 Å². The average molecular weight is 375 g/mol. The molecule has 3 N–H and O–H groups in total. The smallest absolute Gasteiger partial charge is 0.322 e. The summed E-state index contributed by atoms with van der Waals surface area (Å²) >= 11 is 0. The Labute approximate surface area is 152 Å². The highest BCUT2D eigenvalue weighted by molar-refractivity contribution is 7.89. The van der Waals surface area contributed by atoms with Gasteiger partial charge in [-0.2, -0.15) is 0 Å². The Bertz CT molecular complexity index is 880. The van der Waals surface area contributed by atoms with Crippen LogP contribution in [0.5, 0.6) is 5.75 Å². The van der Waals surface area contributed by atoms with Crippen molar-refractivity contribution in [3.05, 3.63) is 54.1 Å². The van der Waals surface area contributed by atoms with Gasteiger partial charge in [-0.15, -0.1) is 0 Å². The van der Waals surface area contributed by atoms with Gasteiger partial charge in [0, 0.05) is 12.2 Å². The summed E-state index contributed by atoms with van der Waals surface area (Å²) in [6.07, 6.45) is 1.82. The Morgan fingerprint density at radius 3 is 2.38 bits per heavy atom. The van der Waals surface area contributed by atoms with Crippen LogP contribution in [0.1, 0.15) is 24.4 Å². The van der Waals surface area contributed by atoms with Crippen LogP contribution in [0.3, 0.4) is 0 Å². The van der Waals surface area contributed by atoms with Crippen LogP contribution >= 0.6 is 0 Å². The summed E-state index contributed by atoms with van der Waals surface area (Å²) in [5.41, 5.74) is 1.57. The van der Waals surface area contributed by atoms with Crippen LogP contribution in [0.15, 0.2) is 53.4 Å². The molecule has 138 valence electrons. The van der Waals surface area contributed by atoms with Crippen LogP contribution < -0.4 is 15.2 Å². The maximum Gasteiger partial charge on any atom is 0.322 e. The summed E-state index contributed by atoms with van der Waals surface area (Å²) in [5.74, 6) is 0.776. The van der Waals surface area contributed by atoms with E-state index in [1.54, 1.807) is 12.0 Å². The number of amides is 2. The number of hydrogen-bond acceptors (Lipinski definition) is 4. The summed E-state index contributed by atoms with van der Waals surface area (Å²) in [6.45, 7) is 0.664. The molecule has 1 aliphatic heterocycles. The number of hydrogen-bond donors (Lipinski definition) is 2. The topological polar surface area (TPSA) is 102 Å². The molecule has 0 aromatic heterocycles. The van der Waals surface area contributed by atoms with Crippen molar-refractivity contribution in [2.45, 2.75) is 23.8 Å². The number of urea groups is 1. The van der Waals surface area contributed by atoms with E-state index in [9.17, 15) is 13.2 Å². The molecule has 0 bridgehead atoms. The maximum absolute atomic E-state index is 12.7. The molecule has 1 aliphatic rings. The largest absolute Gasteiger partial charge is 0.497 e. The third kappa shape index (κ3) is 3.97. The number of ether oxygens (including phenoxy) is 1. The van der Waals surface area contributed by atoms with E-state index in [2.05, 4.69) is 5.32 Å². The Hall–Kier alpha value is -2.58. The summed E-state index contributed by atoms with van der Waals surface area (Å²) in [4.78, 5) is 14.4. The lowest BCUT2D eigenvalue weighted by atomic mass is 10.0. The monoisotopic (exact) mass is 375 g/mol. The average Bonchev–Trinajstić information content (AvgIpc) is 3.11. The van der Waals surface area contributed by atoms with Gasteiger partial charge < -0.3 is 15.0 Å². The van der Waals surface area contributed by atoms with E-state index in [1.165, 1.54) is 24.3 Å². The first-order valence-corrected chi connectivity index (χ1v) is 9.77. The number of nitrogens with one attached hydrogen (secondary N) is 1. The molecule has 2 amide bonds. The van der Waals surface area contributed by atoms with Crippen molar-refractivity contribution < 1.29 is 17.9 Å². The number of sulfonamides is 1. The van der Waals surface area contributed by atoms with E-state index < -0.39 is 10.0 Å². The highest BCUT2D eigenvalue weighted by Crippen LogP contribution is 2.33. The van der Waals surface area contributed by atoms with E-state index in [1.807, 2.05) is 24.3 Å². The zero-order valence-corrected chi connectivity index (χ0v) is 15.2. The van der Waals surface area contributed by atoms with Gasteiger partial charge in [-0.05, 0) is 54.8 Å². The van der Waals surface area contributed by atoms with Crippen molar-refractivity contribution in [1.82, 2.24) is 4.90 Å². The Morgan fingerprint density at radius 1 is 1.15 bits per heavy atom. The lowest BCUT2D eigenvalue weighted by Gasteiger charge is -2.25. The number of nitrogens with two attached hydrogens (primary N) is 1. The quantitative estimate of drug-likeness (QED) is 0.858. The number of primary sulfonamides is 1. The predicted octanol–water partition coefficient (Wildman–Crippen LogP) is 2.71. The Balaban J connectivity index is 1.71. The summed E-state index contributed by atoms with van der Waals surface area (Å²) in [7, 11) is -2.13. The van der Waals surface area contributed by atoms with E-state index in [0.717, 1.165) is 24.2 Å². The molecule has 8 heteroatoms. The van der Waals surface area contributed by atoms with E-state index in [0.29, 0.717) is 12.2 Å². The van der Waals surface area contributed by atoms with Crippen molar-refractivity contribution in [2.75, 3.05) is 19.0 Å². The second-order valence-electron chi connectivity index (χ2n) is 6.12. The minimum absolute atomic E-state index is 0.00426. The van der Waals surface area contributed by atoms with Crippen LogP contribution in [-0.2, 0) is 10.0 Å². The van der Waals surface area contributed by atoms with Gasteiger partial charge in [0.25, 0.3) is 0 Å². The van der Waals surface area contributed by atoms with Crippen molar-refractivity contribution >= 4 is 21.7 Å². The fourth-order valence-electron chi connectivity index (χ4n) is 3.11. The van der Waals surface area contributed by atoms with Gasteiger partial charge in [0.2, 0.25) is 10.0 Å². The van der Waals surface area contributed by atoms with Crippen molar-refractivity contribution in [3.8, 4) is 5.75 Å². The molecule has 2 aromatic carbocycles. The molecular weight excluding hydrogens is 354 g/mol. The van der Waals surface area contributed by atoms with Crippen molar-refractivity contribution in [2.24, 2.45) is 5.14 Å². The SMILES string of the molecule is COc1ccc([C@H]2CCCN2C(=O)Nc2ccc(S(N)(=O)=O)cc2)cc1. The maximum atomic E-state index is 12.7. The first kappa shape index (κ1) is 18.2. The second-order valence-corrected chi connectivity index (χ2v) is 7.69. The minimum atomic E-state index is -3.75. The Morgan fingerprint density at radius 2 is 1.81 bits per heavy atom. The lowest BCUT2D eigenvalue weighted by Crippen LogP contribution is -2.34. The second kappa shape index (κ2) is 7.35. The molecule has 0 aliphatic carbocycles. The zero-order chi connectivity index (χ0) is 18.7. The van der Waals surface area contributed by atoms with Crippen LogP contribution in [0, 0.1) is 0 Å². The molecule has 1 saturated heterocycles. The van der Waals surface area contributed by atoms with Gasteiger partial charge in [0.05, 0.1) is 18.0 Å². The highest BCUT2D eigenvalue weighted by Gasteiger charge is 2.30. The summed E-state index contributed by atoms with van der Waals surface area (Å²) in [5, 5.41) is 7.89. The van der Waals surface area contributed by atoms with Crippen LogP contribution in [0.2, 0.25) is 0 Å². The first-order valence-electron chi connectivity index (χ1n) is 8.23. The number of anilines is 1. The van der Waals surface area contributed by atoms with Gasteiger partial charge in [0.1, 0.15) is 5.75 Å². The van der Waals surface area contributed by atoms with Gasteiger partial charge in [-0.3, -0.25) is 0 Å². The normalized spacial score (nSPS) is 17.2. The van der Waals surface area contributed by atoms with Crippen LogP contribution in [0.4, 0.5) is 10.5 Å². The van der Waals surface area contributed by atoms with E-state index >= 15 is 0 Å². The standard InChI is InChI=1S/C18H21N3O4S/c1-25-15-8-4-13(5-9-15)17-3-2-12-21(17)18(22)20-14-6-10-16(11-7-14)26(19,23)24/h4-11,17H,2-3,12H2,1H3,(H,20,22)(H2,19,23,24)/t17-/m1/s1. The lowest BCUT2D eigenvalue weighted by molar-refractivity contribution is 0.207. The molecule has 26 heavy (non-hydrogen) atoms. The van der Waals surface area contributed by atoms with Crippen LogP contribution in [0.25, 0.3) is 0 Å². The number of carbonyl (C=O) groups is 1. The third-order valence-electron chi connectivity index (χ3n) is 4.45. The molecule has 1 heterocycles. The molecule has 0 radical (unpaired) electrons. The third-order valence-corrected chi connectivity index (χ3v) is 5.38. The fourth-order valence-corrected chi connectivity index (χ4v) is 3.62. The van der Waals surface area contributed by atoms with E-state index in [4.69, 9.17) is 9.88 Å². The fraction of sp³-hybridized carbons (Fsp3) is 0.278. The van der Waals surface area contributed by atoms with Gasteiger partial charge >= 0.3 is 6.03 Å². The summed E-state index contributed by atoms with van der Waals surface area (Å²) in [6, 6.07) is 13.3. The van der Waals surface area contributed by atoms with Gasteiger partial charge in [0.15, 0.2) is 0 Å². The molecule has 0 unspecified atom stereocenters. The number of methoxy groups -OCH3 is 1. The minimum Gasteiger partial charge on any atom is -0.497 e. The molecule has 1 fully saturated rings. The van der Waals surface area contributed by atoms with Crippen molar-refractivity contribution in [3.63, 3.8) is 0 Å². The molecule has 0 saturated carbocycles. The van der Waals surface area contributed by atoms with E-state index in [-0.39, 0.29) is 17.0 Å². The van der Waals surface area contributed by atoms with Gasteiger partial charge in [-0.25, -0.2) is 18.4 Å². The van der Waals surface area contributed by atoms with Crippen molar-refractivity contribution in [1.29, 1.82) is 0 Å². The summed E-state index contributed by atoms with van der Waals surface area (Å²) < 4.78 is 27.8.